The zero-order valence-corrected chi connectivity index (χ0v) is 15.2. The van der Waals surface area contributed by atoms with Crippen molar-refractivity contribution in [3.05, 3.63) is 59.9 Å². The topological polar surface area (TPSA) is 61.9 Å². The molecule has 1 amide bonds. The van der Waals surface area contributed by atoms with Gasteiger partial charge in [-0.2, -0.15) is 0 Å². The van der Waals surface area contributed by atoms with Gasteiger partial charge >= 0.3 is 5.97 Å². The fourth-order valence-corrected chi connectivity index (χ4v) is 3.07. The number of para-hydroxylation sites is 1. The molecule has 6 nitrogen and oxygen atoms in total. The number of benzene rings is 2. The van der Waals surface area contributed by atoms with E-state index in [0.29, 0.717) is 43.1 Å². The summed E-state index contributed by atoms with van der Waals surface area (Å²) in [5.74, 6) is -0.764. The number of halogens is 1. The first kappa shape index (κ1) is 18.8. The van der Waals surface area contributed by atoms with Gasteiger partial charge in [-0.25, -0.2) is 9.18 Å². The zero-order chi connectivity index (χ0) is 19.2. The lowest BCUT2D eigenvalue weighted by Crippen LogP contribution is -2.48. The lowest BCUT2D eigenvalue weighted by molar-refractivity contribution is -0.117. The molecule has 0 aromatic heterocycles. The average Bonchev–Trinajstić information content (AvgIpc) is 2.69. The minimum atomic E-state index is -0.416. The average molecular weight is 371 g/mol. The number of carbonyl (C=O) groups excluding carboxylic acids is 2. The van der Waals surface area contributed by atoms with Gasteiger partial charge < -0.3 is 15.0 Å². The summed E-state index contributed by atoms with van der Waals surface area (Å²) >= 11 is 0. The number of esters is 1. The van der Waals surface area contributed by atoms with Gasteiger partial charge in [0.25, 0.3) is 0 Å². The van der Waals surface area contributed by atoms with E-state index in [-0.39, 0.29) is 18.3 Å². The molecule has 1 aliphatic rings. The molecule has 1 saturated heterocycles. The molecule has 1 aliphatic heterocycles. The van der Waals surface area contributed by atoms with Crippen LogP contribution in [0.25, 0.3) is 0 Å². The molecule has 3 rings (SSSR count). The number of ether oxygens (including phenoxy) is 1. The van der Waals surface area contributed by atoms with Crippen molar-refractivity contribution in [2.75, 3.05) is 50.1 Å². The first-order valence-corrected chi connectivity index (χ1v) is 8.77. The molecule has 1 N–H and O–H groups in total. The van der Waals surface area contributed by atoms with Crippen molar-refractivity contribution >= 4 is 23.3 Å². The molecule has 2 aromatic carbocycles. The Bertz CT molecular complexity index is 802. The summed E-state index contributed by atoms with van der Waals surface area (Å²) in [7, 11) is 1.32. The number of amides is 1. The Kier molecular flexibility index (Phi) is 6.03. The Morgan fingerprint density at radius 1 is 1.04 bits per heavy atom. The second-order valence-electron chi connectivity index (χ2n) is 6.33. The molecule has 1 heterocycles. The van der Waals surface area contributed by atoms with Crippen LogP contribution in [-0.4, -0.2) is 56.6 Å². The molecular formula is C20H22FN3O3. The highest BCUT2D eigenvalue weighted by Gasteiger charge is 2.20. The van der Waals surface area contributed by atoms with Crippen LogP contribution >= 0.6 is 0 Å². The lowest BCUT2D eigenvalue weighted by Gasteiger charge is -2.35. The van der Waals surface area contributed by atoms with E-state index in [1.54, 1.807) is 36.4 Å². The highest BCUT2D eigenvalue weighted by atomic mass is 19.1. The molecule has 0 aliphatic carbocycles. The molecule has 27 heavy (non-hydrogen) atoms. The van der Waals surface area contributed by atoms with Crippen molar-refractivity contribution in [2.45, 2.75) is 0 Å². The Hall–Kier alpha value is -2.93. The number of anilines is 2. The summed E-state index contributed by atoms with van der Waals surface area (Å²) in [5.41, 5.74) is 1.66. The van der Waals surface area contributed by atoms with Crippen molar-refractivity contribution in [1.82, 2.24) is 4.90 Å². The van der Waals surface area contributed by atoms with Crippen LogP contribution in [0.1, 0.15) is 10.4 Å². The summed E-state index contributed by atoms with van der Waals surface area (Å²) < 4.78 is 18.5. The molecule has 0 spiro atoms. The first-order valence-electron chi connectivity index (χ1n) is 8.77. The highest BCUT2D eigenvalue weighted by molar-refractivity contribution is 5.94. The molecular weight excluding hydrogens is 349 g/mol. The summed E-state index contributed by atoms with van der Waals surface area (Å²) in [6.07, 6.45) is 0. The van der Waals surface area contributed by atoms with Gasteiger partial charge in [0.1, 0.15) is 5.82 Å². The molecule has 7 heteroatoms. The Balaban J connectivity index is 1.48. The van der Waals surface area contributed by atoms with E-state index < -0.39 is 5.97 Å². The maximum atomic E-state index is 13.9. The Morgan fingerprint density at radius 3 is 2.33 bits per heavy atom. The van der Waals surface area contributed by atoms with Gasteiger partial charge in [0.05, 0.1) is 24.9 Å². The normalized spacial score (nSPS) is 14.7. The standard InChI is InChI=1S/C20H22FN3O3/c1-27-20(26)15-6-8-16(9-7-15)22-19(25)14-23-10-12-24(13-11-23)18-5-3-2-4-17(18)21/h2-9H,10-14H2,1H3,(H,22,25). The third kappa shape index (κ3) is 4.83. The van der Waals surface area contributed by atoms with Crippen LogP contribution in [-0.2, 0) is 9.53 Å². The van der Waals surface area contributed by atoms with Gasteiger partial charge in [0.2, 0.25) is 5.91 Å². The van der Waals surface area contributed by atoms with Crippen molar-refractivity contribution in [3.63, 3.8) is 0 Å². The number of rotatable bonds is 5. The van der Waals surface area contributed by atoms with Crippen LogP contribution in [0.2, 0.25) is 0 Å². The van der Waals surface area contributed by atoms with Gasteiger partial charge in [0, 0.05) is 31.9 Å². The maximum Gasteiger partial charge on any atom is 0.337 e. The minimum Gasteiger partial charge on any atom is -0.465 e. The molecule has 142 valence electrons. The van der Waals surface area contributed by atoms with Crippen LogP contribution in [0.4, 0.5) is 15.8 Å². The van der Waals surface area contributed by atoms with E-state index >= 15 is 0 Å². The first-order chi connectivity index (χ1) is 13.1. The Morgan fingerprint density at radius 2 is 1.70 bits per heavy atom. The number of nitrogens with one attached hydrogen (secondary N) is 1. The molecule has 2 aromatic rings. The molecule has 0 bridgehead atoms. The summed E-state index contributed by atoms with van der Waals surface area (Å²) in [5, 5.41) is 2.82. The van der Waals surface area contributed by atoms with E-state index in [2.05, 4.69) is 10.1 Å². The summed E-state index contributed by atoms with van der Waals surface area (Å²) in [6.45, 7) is 2.97. The van der Waals surface area contributed by atoms with Gasteiger partial charge in [-0.05, 0) is 36.4 Å². The van der Waals surface area contributed by atoms with Gasteiger partial charge in [-0.15, -0.1) is 0 Å². The van der Waals surface area contributed by atoms with Crippen molar-refractivity contribution < 1.29 is 18.7 Å². The fraction of sp³-hybridized carbons (Fsp3) is 0.300. The largest absolute Gasteiger partial charge is 0.465 e. The van der Waals surface area contributed by atoms with Crippen LogP contribution in [0.3, 0.4) is 0 Å². The number of carbonyl (C=O) groups is 2. The van der Waals surface area contributed by atoms with E-state index in [9.17, 15) is 14.0 Å². The van der Waals surface area contributed by atoms with E-state index in [1.807, 2.05) is 15.9 Å². The quantitative estimate of drug-likeness (QED) is 0.818. The second kappa shape index (κ2) is 8.64. The van der Waals surface area contributed by atoms with Crippen LogP contribution in [0.5, 0.6) is 0 Å². The monoisotopic (exact) mass is 371 g/mol. The maximum absolute atomic E-state index is 13.9. The zero-order valence-electron chi connectivity index (χ0n) is 15.2. The summed E-state index contributed by atoms with van der Waals surface area (Å²) in [6, 6.07) is 13.3. The van der Waals surface area contributed by atoms with Gasteiger partial charge in [-0.3, -0.25) is 9.69 Å². The third-order valence-corrected chi connectivity index (χ3v) is 4.52. The molecule has 0 radical (unpaired) electrons. The smallest absolute Gasteiger partial charge is 0.337 e. The van der Waals surface area contributed by atoms with E-state index in [0.717, 1.165) is 0 Å². The van der Waals surface area contributed by atoms with Crippen LogP contribution < -0.4 is 10.2 Å². The lowest BCUT2D eigenvalue weighted by atomic mass is 10.2. The summed E-state index contributed by atoms with van der Waals surface area (Å²) in [4.78, 5) is 27.7. The second-order valence-corrected chi connectivity index (χ2v) is 6.33. The minimum absolute atomic E-state index is 0.125. The van der Waals surface area contributed by atoms with E-state index in [1.165, 1.54) is 13.2 Å². The number of nitrogens with zero attached hydrogens (tertiary/aromatic N) is 2. The number of methoxy groups -OCH3 is 1. The number of piperazine rings is 1. The fourth-order valence-electron chi connectivity index (χ4n) is 3.07. The molecule has 0 unspecified atom stereocenters. The van der Waals surface area contributed by atoms with Gasteiger partial charge in [0.15, 0.2) is 0 Å². The predicted molar refractivity (Wildman–Crippen MR) is 101 cm³/mol. The van der Waals surface area contributed by atoms with E-state index in [4.69, 9.17) is 0 Å². The molecule has 0 atom stereocenters. The van der Waals surface area contributed by atoms with Gasteiger partial charge in [-0.1, -0.05) is 12.1 Å². The van der Waals surface area contributed by atoms with Crippen LogP contribution in [0, 0.1) is 5.82 Å². The molecule has 0 saturated carbocycles. The van der Waals surface area contributed by atoms with Crippen molar-refractivity contribution in [1.29, 1.82) is 0 Å². The molecule has 1 fully saturated rings. The number of hydrogen-bond acceptors (Lipinski definition) is 5. The van der Waals surface area contributed by atoms with Crippen molar-refractivity contribution in [2.24, 2.45) is 0 Å². The third-order valence-electron chi connectivity index (χ3n) is 4.52. The predicted octanol–water partition coefficient (Wildman–Crippen LogP) is 2.37. The highest BCUT2D eigenvalue weighted by Crippen LogP contribution is 2.20. The Labute approximate surface area is 157 Å². The SMILES string of the molecule is COC(=O)c1ccc(NC(=O)CN2CCN(c3ccccc3F)CC2)cc1. The number of hydrogen-bond donors (Lipinski definition) is 1. The van der Waals surface area contributed by atoms with Crippen molar-refractivity contribution in [3.8, 4) is 0 Å². The van der Waals surface area contributed by atoms with Crippen LogP contribution in [0.15, 0.2) is 48.5 Å².